The zero-order chi connectivity index (χ0) is 16.8. The van der Waals surface area contributed by atoms with Gasteiger partial charge in [-0.3, -0.25) is 9.79 Å². The van der Waals surface area contributed by atoms with Gasteiger partial charge in [-0.05, 0) is 45.9 Å². The number of nitrogens with one attached hydrogen (secondary N) is 3. The summed E-state index contributed by atoms with van der Waals surface area (Å²) in [6.45, 7) is 9.02. The summed E-state index contributed by atoms with van der Waals surface area (Å²) in [4.78, 5) is 18.3. The Morgan fingerprint density at radius 3 is 3.04 bits per heavy atom. The van der Waals surface area contributed by atoms with Gasteiger partial charge in [0.05, 0.1) is 6.67 Å². The Morgan fingerprint density at radius 2 is 2.35 bits per heavy atom. The molecule has 1 fully saturated rings. The van der Waals surface area contributed by atoms with E-state index >= 15 is 0 Å². The fourth-order valence-corrected chi connectivity index (χ4v) is 2.99. The van der Waals surface area contributed by atoms with Crippen LogP contribution >= 0.6 is 0 Å². The normalized spacial score (nSPS) is 27.8. The lowest BCUT2D eigenvalue weighted by Gasteiger charge is -2.38. The molecule has 2 rings (SSSR count). The summed E-state index contributed by atoms with van der Waals surface area (Å²) in [6.07, 6.45) is 7.36. The van der Waals surface area contributed by atoms with Crippen LogP contribution in [-0.2, 0) is 4.79 Å². The van der Waals surface area contributed by atoms with E-state index in [2.05, 4.69) is 41.4 Å². The van der Waals surface area contributed by atoms with Gasteiger partial charge in [-0.25, -0.2) is 0 Å². The zero-order valence-corrected chi connectivity index (χ0v) is 14.2. The summed E-state index contributed by atoms with van der Waals surface area (Å²) in [5.41, 5.74) is 2.15. The van der Waals surface area contributed by atoms with Crippen molar-refractivity contribution in [2.75, 3.05) is 20.3 Å². The number of carbonyl (C=O) groups is 1. The van der Waals surface area contributed by atoms with E-state index in [0.717, 1.165) is 29.9 Å². The van der Waals surface area contributed by atoms with E-state index < -0.39 is 0 Å². The first kappa shape index (κ1) is 17.3. The van der Waals surface area contributed by atoms with Crippen molar-refractivity contribution < 1.29 is 4.79 Å². The van der Waals surface area contributed by atoms with Crippen LogP contribution in [0.3, 0.4) is 0 Å². The minimum Gasteiger partial charge on any atom is -0.383 e. The molecule has 23 heavy (non-hydrogen) atoms. The molecule has 1 saturated heterocycles. The Kier molecular flexibility index (Phi) is 5.98. The SMILES string of the molecule is C=CC(=O)N1C[C@H](N/C(C)=C2\C=CN\C2=N\CNC)CC[C@@H]1C. The molecule has 2 atom stereocenters. The highest BCUT2D eigenvalue weighted by Gasteiger charge is 2.28. The van der Waals surface area contributed by atoms with Crippen LogP contribution in [0.4, 0.5) is 0 Å². The first-order chi connectivity index (χ1) is 11.1. The number of piperidine rings is 1. The fraction of sp³-hybridized carbons (Fsp3) is 0.529. The Balaban J connectivity index is 2.06. The monoisotopic (exact) mass is 317 g/mol. The smallest absolute Gasteiger partial charge is 0.246 e. The van der Waals surface area contributed by atoms with Gasteiger partial charge < -0.3 is 20.9 Å². The molecular weight excluding hydrogens is 290 g/mol. The highest BCUT2D eigenvalue weighted by atomic mass is 16.2. The number of nitrogens with zero attached hydrogens (tertiary/aromatic N) is 2. The molecule has 0 radical (unpaired) electrons. The van der Waals surface area contributed by atoms with Crippen LogP contribution in [-0.4, -0.2) is 49.0 Å². The minimum absolute atomic E-state index is 0.00741. The third-order valence-electron chi connectivity index (χ3n) is 4.28. The molecular formula is C17H27N5O. The number of amidine groups is 1. The summed E-state index contributed by atoms with van der Waals surface area (Å²) in [7, 11) is 1.87. The average Bonchev–Trinajstić information content (AvgIpc) is 3.02. The molecule has 0 saturated carbocycles. The van der Waals surface area contributed by atoms with Gasteiger partial charge >= 0.3 is 0 Å². The summed E-state index contributed by atoms with van der Waals surface area (Å²) < 4.78 is 0. The van der Waals surface area contributed by atoms with Crippen LogP contribution < -0.4 is 16.0 Å². The summed E-state index contributed by atoms with van der Waals surface area (Å²) in [5, 5.41) is 9.73. The van der Waals surface area contributed by atoms with Gasteiger partial charge in [0, 0.05) is 36.1 Å². The summed E-state index contributed by atoms with van der Waals surface area (Å²) in [5.74, 6) is 0.876. The van der Waals surface area contributed by atoms with Gasteiger partial charge in [0.15, 0.2) is 0 Å². The maximum Gasteiger partial charge on any atom is 0.246 e. The summed E-state index contributed by atoms with van der Waals surface area (Å²) >= 11 is 0. The molecule has 0 aromatic heterocycles. The maximum absolute atomic E-state index is 12.0. The van der Waals surface area contributed by atoms with Crippen molar-refractivity contribution in [3.8, 4) is 0 Å². The molecule has 1 amide bonds. The lowest BCUT2D eigenvalue weighted by atomic mass is 9.98. The lowest BCUT2D eigenvalue weighted by molar-refractivity contribution is -0.129. The van der Waals surface area contributed by atoms with E-state index in [4.69, 9.17) is 0 Å². The van der Waals surface area contributed by atoms with Crippen LogP contribution in [0.5, 0.6) is 0 Å². The maximum atomic E-state index is 12.0. The fourth-order valence-electron chi connectivity index (χ4n) is 2.99. The van der Waals surface area contributed by atoms with Gasteiger partial charge in [-0.1, -0.05) is 6.58 Å². The molecule has 0 unspecified atom stereocenters. The molecule has 2 aliphatic heterocycles. The number of amides is 1. The van der Waals surface area contributed by atoms with Crippen LogP contribution in [0.2, 0.25) is 0 Å². The van der Waals surface area contributed by atoms with Crippen molar-refractivity contribution in [3.63, 3.8) is 0 Å². The van der Waals surface area contributed by atoms with E-state index in [9.17, 15) is 4.79 Å². The van der Waals surface area contributed by atoms with Gasteiger partial charge in [-0.2, -0.15) is 0 Å². The lowest BCUT2D eigenvalue weighted by Crippen LogP contribution is -2.51. The van der Waals surface area contributed by atoms with Gasteiger partial charge in [0.2, 0.25) is 5.91 Å². The summed E-state index contributed by atoms with van der Waals surface area (Å²) in [6, 6.07) is 0.523. The van der Waals surface area contributed by atoms with Crippen LogP contribution in [0.1, 0.15) is 26.7 Å². The first-order valence-electron chi connectivity index (χ1n) is 8.09. The average molecular weight is 317 g/mol. The van der Waals surface area contributed by atoms with Crippen molar-refractivity contribution in [3.05, 3.63) is 36.2 Å². The molecule has 126 valence electrons. The minimum atomic E-state index is 0.00741. The predicted molar refractivity (Wildman–Crippen MR) is 93.9 cm³/mol. The zero-order valence-electron chi connectivity index (χ0n) is 14.2. The highest BCUT2D eigenvalue weighted by Crippen LogP contribution is 2.19. The Labute approximate surface area is 138 Å². The van der Waals surface area contributed by atoms with Gasteiger partial charge in [0.1, 0.15) is 5.84 Å². The van der Waals surface area contributed by atoms with Crippen LogP contribution in [0, 0.1) is 0 Å². The molecule has 0 spiro atoms. The molecule has 0 aliphatic carbocycles. The van der Waals surface area contributed by atoms with Crippen LogP contribution in [0.15, 0.2) is 41.2 Å². The third kappa shape index (κ3) is 4.22. The Bertz CT molecular complexity index is 549. The van der Waals surface area contributed by atoms with Crippen molar-refractivity contribution in [2.24, 2.45) is 4.99 Å². The van der Waals surface area contributed by atoms with Crippen molar-refractivity contribution in [1.82, 2.24) is 20.9 Å². The Morgan fingerprint density at radius 1 is 1.57 bits per heavy atom. The number of hydrogen-bond donors (Lipinski definition) is 3. The van der Waals surface area contributed by atoms with E-state index in [1.807, 2.05) is 24.2 Å². The second-order valence-electron chi connectivity index (χ2n) is 6.00. The standard InChI is InChI=1S/C17H27N5O/c1-5-16(23)22-10-14(7-6-12(22)2)21-13(3)15-8-9-19-17(15)20-11-18-4/h5,8-9,12,14,18,21H,1,6-7,10-11H2,2-4H3,(H,19,20)/b15-13+/t12-,14+/m0/s1. The van der Waals surface area contributed by atoms with Gasteiger partial charge in [0.25, 0.3) is 0 Å². The second-order valence-corrected chi connectivity index (χ2v) is 6.00. The van der Waals surface area contributed by atoms with E-state index in [1.54, 1.807) is 0 Å². The molecule has 0 aromatic carbocycles. The van der Waals surface area contributed by atoms with E-state index in [-0.39, 0.29) is 18.0 Å². The molecule has 6 nitrogen and oxygen atoms in total. The molecule has 0 bridgehead atoms. The number of rotatable bonds is 5. The molecule has 2 heterocycles. The Hall–Kier alpha value is -2.08. The number of allylic oxidation sites excluding steroid dienone is 1. The van der Waals surface area contributed by atoms with Crippen molar-refractivity contribution >= 4 is 11.7 Å². The van der Waals surface area contributed by atoms with Gasteiger partial charge in [-0.15, -0.1) is 0 Å². The van der Waals surface area contributed by atoms with Crippen molar-refractivity contribution in [2.45, 2.75) is 38.8 Å². The number of aliphatic imine (C=N–C) groups is 1. The van der Waals surface area contributed by atoms with E-state index in [1.165, 1.54) is 6.08 Å². The molecule has 0 aromatic rings. The molecule has 6 heteroatoms. The third-order valence-corrected chi connectivity index (χ3v) is 4.28. The second kappa shape index (κ2) is 7.97. The van der Waals surface area contributed by atoms with Crippen molar-refractivity contribution in [1.29, 1.82) is 0 Å². The topological polar surface area (TPSA) is 68.8 Å². The number of hydrogen-bond acceptors (Lipinski definition) is 4. The molecule has 3 N–H and O–H groups in total. The molecule has 2 aliphatic rings. The van der Waals surface area contributed by atoms with Crippen LogP contribution in [0.25, 0.3) is 0 Å². The van der Waals surface area contributed by atoms with E-state index in [0.29, 0.717) is 13.2 Å². The highest BCUT2D eigenvalue weighted by molar-refractivity contribution is 6.04. The quantitative estimate of drug-likeness (QED) is 0.665. The number of carbonyl (C=O) groups excluding carboxylic acids is 1. The predicted octanol–water partition coefficient (Wildman–Crippen LogP) is 1.11. The number of likely N-dealkylation sites (tertiary alicyclic amines) is 1. The largest absolute Gasteiger partial charge is 0.383 e. The first-order valence-corrected chi connectivity index (χ1v) is 8.09.